The normalized spacial score (nSPS) is 12.1. The van der Waals surface area contributed by atoms with Gasteiger partial charge in [0, 0.05) is 13.1 Å². The smallest absolute Gasteiger partial charge is 0.326 e. The Kier molecular flexibility index (Phi) is 9.79. The molecule has 1 amide bonds. The summed E-state index contributed by atoms with van der Waals surface area (Å²) in [4.78, 5) is 27.9. The molecule has 7 nitrogen and oxygen atoms in total. The van der Waals surface area contributed by atoms with Gasteiger partial charge in [-0.25, -0.2) is 8.42 Å². The topological polar surface area (TPSA) is 84.0 Å². The van der Waals surface area contributed by atoms with E-state index in [1.54, 1.807) is 20.8 Å². The molecule has 8 heteroatoms. The van der Waals surface area contributed by atoms with E-state index in [9.17, 15) is 18.0 Å². The summed E-state index contributed by atoms with van der Waals surface area (Å²) in [5.41, 5.74) is 0.392. The molecular weight excluding hydrogens is 392 g/mol. The van der Waals surface area contributed by atoms with Crippen molar-refractivity contribution in [3.05, 3.63) is 35.9 Å². The van der Waals surface area contributed by atoms with E-state index in [0.29, 0.717) is 19.4 Å². The van der Waals surface area contributed by atoms with Gasteiger partial charge in [-0.15, -0.1) is 0 Å². The molecule has 0 aliphatic carbocycles. The van der Waals surface area contributed by atoms with Crippen molar-refractivity contribution < 1.29 is 22.7 Å². The first-order chi connectivity index (χ1) is 13.4. The number of nitrogens with zero attached hydrogens (tertiary/aromatic N) is 2. The molecule has 0 N–H and O–H groups in total. The van der Waals surface area contributed by atoms with Gasteiger partial charge in [-0.1, -0.05) is 30.3 Å². The first-order valence-corrected chi connectivity index (χ1v) is 11.6. The molecule has 0 unspecified atom stereocenters. The SMILES string of the molecule is CN(C)CCN(CC(=O)OC(C)(C)C)C(=O)CS(=O)(=O)CCCc1ccccc1. The molecule has 0 aliphatic rings. The zero-order valence-electron chi connectivity index (χ0n) is 18.2. The molecule has 1 aromatic carbocycles. The Labute approximate surface area is 174 Å². The van der Waals surface area contributed by atoms with Crippen LogP contribution in [0.25, 0.3) is 0 Å². The molecule has 164 valence electrons. The van der Waals surface area contributed by atoms with Crippen LogP contribution in [-0.4, -0.2) is 80.9 Å². The number of hydrogen-bond donors (Lipinski definition) is 0. The van der Waals surface area contributed by atoms with E-state index in [1.807, 2.05) is 49.3 Å². The average Bonchev–Trinajstić information content (AvgIpc) is 2.57. The van der Waals surface area contributed by atoms with Crippen LogP contribution in [0.2, 0.25) is 0 Å². The van der Waals surface area contributed by atoms with Crippen LogP contribution in [0.3, 0.4) is 0 Å². The van der Waals surface area contributed by atoms with E-state index in [1.165, 1.54) is 4.90 Å². The molecule has 0 fully saturated rings. The number of carbonyl (C=O) groups excluding carboxylic acids is 2. The molecule has 1 aromatic rings. The number of carbonyl (C=O) groups is 2. The number of benzene rings is 1. The predicted octanol–water partition coefficient (Wildman–Crippen LogP) is 1.77. The van der Waals surface area contributed by atoms with Crippen LogP contribution in [0.1, 0.15) is 32.8 Å². The third-order valence-electron chi connectivity index (χ3n) is 4.02. The van der Waals surface area contributed by atoms with Gasteiger partial charge in [0.05, 0.1) is 5.75 Å². The Balaban J connectivity index is 2.66. The monoisotopic (exact) mass is 426 g/mol. The lowest BCUT2D eigenvalue weighted by Crippen LogP contribution is -2.44. The van der Waals surface area contributed by atoms with Gasteiger partial charge in [0.2, 0.25) is 5.91 Å². The van der Waals surface area contributed by atoms with E-state index >= 15 is 0 Å². The summed E-state index contributed by atoms with van der Waals surface area (Å²) in [6, 6.07) is 9.62. The van der Waals surface area contributed by atoms with Crippen LogP contribution in [0, 0.1) is 0 Å². The molecule has 0 aliphatic heterocycles. The van der Waals surface area contributed by atoms with Crippen molar-refractivity contribution in [2.24, 2.45) is 0 Å². The maximum Gasteiger partial charge on any atom is 0.326 e. The molecule has 1 rings (SSSR count). The van der Waals surface area contributed by atoms with Gasteiger partial charge >= 0.3 is 5.97 Å². The maximum atomic E-state index is 12.6. The van der Waals surface area contributed by atoms with Gasteiger partial charge in [-0.2, -0.15) is 0 Å². The van der Waals surface area contributed by atoms with Gasteiger partial charge in [-0.05, 0) is 53.3 Å². The van der Waals surface area contributed by atoms with Crippen LogP contribution >= 0.6 is 0 Å². The standard InChI is InChI=1S/C21H34N2O5S/c1-21(2,3)28-20(25)16-23(14-13-22(4)5)19(24)17-29(26,27)15-9-12-18-10-7-6-8-11-18/h6-8,10-11H,9,12-17H2,1-5H3. The highest BCUT2D eigenvalue weighted by Gasteiger charge is 2.25. The van der Waals surface area contributed by atoms with Crippen LogP contribution in [-0.2, 0) is 30.6 Å². The number of amides is 1. The minimum atomic E-state index is -3.56. The molecule has 0 spiro atoms. The van der Waals surface area contributed by atoms with Crippen LogP contribution in [0.5, 0.6) is 0 Å². The highest BCUT2D eigenvalue weighted by molar-refractivity contribution is 7.92. The summed E-state index contributed by atoms with van der Waals surface area (Å²) in [7, 11) is 0.125. The van der Waals surface area contributed by atoms with E-state index in [0.717, 1.165) is 5.56 Å². The predicted molar refractivity (Wildman–Crippen MR) is 114 cm³/mol. The van der Waals surface area contributed by atoms with Gasteiger partial charge in [0.1, 0.15) is 17.9 Å². The fraction of sp³-hybridized carbons (Fsp3) is 0.619. The average molecular weight is 427 g/mol. The molecule has 0 atom stereocenters. The number of hydrogen-bond acceptors (Lipinski definition) is 6. The van der Waals surface area contributed by atoms with Gasteiger partial charge in [0.15, 0.2) is 9.84 Å². The van der Waals surface area contributed by atoms with Crippen molar-refractivity contribution in [3.8, 4) is 0 Å². The fourth-order valence-corrected chi connectivity index (χ4v) is 3.92. The minimum Gasteiger partial charge on any atom is -0.459 e. The molecule has 0 radical (unpaired) electrons. The van der Waals surface area contributed by atoms with E-state index < -0.39 is 33.1 Å². The zero-order valence-corrected chi connectivity index (χ0v) is 19.0. The number of rotatable bonds is 11. The van der Waals surface area contributed by atoms with Crippen molar-refractivity contribution in [2.45, 2.75) is 39.2 Å². The number of aryl methyl sites for hydroxylation is 1. The quantitative estimate of drug-likeness (QED) is 0.502. The minimum absolute atomic E-state index is 0.0679. The lowest BCUT2D eigenvalue weighted by Gasteiger charge is -2.26. The van der Waals surface area contributed by atoms with Crippen LogP contribution in [0.15, 0.2) is 30.3 Å². The summed E-state index contributed by atoms with van der Waals surface area (Å²) in [5.74, 6) is -1.79. The second-order valence-electron chi connectivity index (χ2n) is 8.39. The largest absolute Gasteiger partial charge is 0.459 e. The van der Waals surface area contributed by atoms with Crippen molar-refractivity contribution >= 4 is 21.7 Å². The number of esters is 1. The molecule has 0 saturated heterocycles. The second-order valence-corrected chi connectivity index (χ2v) is 10.6. The lowest BCUT2D eigenvalue weighted by atomic mass is 10.1. The Bertz CT molecular complexity index is 755. The number of likely N-dealkylation sites (N-methyl/N-ethyl adjacent to an activating group) is 1. The van der Waals surface area contributed by atoms with Gasteiger partial charge in [0.25, 0.3) is 0 Å². The molecular formula is C21H34N2O5S. The van der Waals surface area contributed by atoms with Crippen molar-refractivity contribution in [1.29, 1.82) is 0 Å². The number of sulfone groups is 1. The van der Waals surface area contributed by atoms with E-state index in [-0.39, 0.29) is 18.8 Å². The second kappa shape index (κ2) is 11.3. The van der Waals surface area contributed by atoms with Crippen LogP contribution < -0.4 is 0 Å². The maximum absolute atomic E-state index is 12.6. The Morgan fingerprint density at radius 2 is 1.66 bits per heavy atom. The summed E-state index contributed by atoms with van der Waals surface area (Å²) < 4.78 is 30.1. The highest BCUT2D eigenvalue weighted by Crippen LogP contribution is 2.09. The summed E-state index contributed by atoms with van der Waals surface area (Å²) in [6.45, 7) is 5.74. The third kappa shape index (κ3) is 11.6. The van der Waals surface area contributed by atoms with Crippen molar-refractivity contribution in [1.82, 2.24) is 9.80 Å². The summed E-state index contributed by atoms with van der Waals surface area (Å²) >= 11 is 0. The molecule has 0 saturated carbocycles. The highest BCUT2D eigenvalue weighted by atomic mass is 32.2. The third-order valence-corrected chi connectivity index (χ3v) is 5.61. The first kappa shape index (κ1) is 25.1. The Morgan fingerprint density at radius 1 is 1.03 bits per heavy atom. The Morgan fingerprint density at radius 3 is 2.21 bits per heavy atom. The van der Waals surface area contributed by atoms with Crippen molar-refractivity contribution in [2.75, 3.05) is 45.2 Å². The fourth-order valence-electron chi connectivity index (χ4n) is 2.63. The summed E-state index contributed by atoms with van der Waals surface area (Å²) in [6.07, 6.45) is 1.08. The summed E-state index contributed by atoms with van der Waals surface area (Å²) in [5, 5.41) is 0. The first-order valence-electron chi connectivity index (χ1n) is 9.77. The number of ether oxygens (including phenoxy) is 1. The zero-order chi connectivity index (χ0) is 22.1. The van der Waals surface area contributed by atoms with Gasteiger partial charge < -0.3 is 14.5 Å². The van der Waals surface area contributed by atoms with Crippen molar-refractivity contribution in [3.63, 3.8) is 0 Å². The molecule has 0 heterocycles. The molecule has 0 bridgehead atoms. The Hall–Kier alpha value is -1.93. The van der Waals surface area contributed by atoms with E-state index in [2.05, 4.69) is 0 Å². The lowest BCUT2D eigenvalue weighted by molar-refractivity contribution is -0.158. The van der Waals surface area contributed by atoms with Gasteiger partial charge in [-0.3, -0.25) is 9.59 Å². The molecule has 29 heavy (non-hydrogen) atoms. The molecule has 0 aromatic heterocycles. The van der Waals surface area contributed by atoms with E-state index in [4.69, 9.17) is 4.74 Å². The van der Waals surface area contributed by atoms with Crippen LogP contribution in [0.4, 0.5) is 0 Å².